The number of hydrogen-bond acceptors (Lipinski definition) is 2. The minimum Gasteiger partial charge on any atom is -0.337 e. The van der Waals surface area contributed by atoms with E-state index in [4.69, 9.17) is 0 Å². The summed E-state index contributed by atoms with van der Waals surface area (Å²) >= 11 is 0. The van der Waals surface area contributed by atoms with Gasteiger partial charge in [0.05, 0.1) is 6.54 Å². The summed E-state index contributed by atoms with van der Waals surface area (Å²) in [5, 5.41) is 0. The molecule has 23 heavy (non-hydrogen) atoms. The average molecular weight is 319 g/mol. The molecule has 124 valence electrons. The van der Waals surface area contributed by atoms with Gasteiger partial charge in [-0.2, -0.15) is 0 Å². The van der Waals surface area contributed by atoms with Crippen LogP contribution in [0.2, 0.25) is 0 Å². The number of nitrogens with zero attached hydrogens (tertiary/aromatic N) is 3. The SMILES string of the molecule is Cn1ccnc1CN1CCC[C@H](CCc2c(F)cccc2F)C1. The molecule has 0 amide bonds. The Balaban J connectivity index is 1.56. The standard InChI is InChI=1S/C18H23F2N3/c1-22-11-9-21-18(22)13-23-10-3-4-14(12-23)7-8-15-16(19)5-2-6-17(15)20/h2,5-6,9,11,14H,3-4,7-8,10,12-13H2,1H3/t14-/m1/s1. The Morgan fingerprint density at radius 1 is 1.26 bits per heavy atom. The first-order valence-electron chi connectivity index (χ1n) is 8.25. The molecule has 0 aliphatic carbocycles. The Kier molecular flexibility index (Phi) is 5.06. The molecule has 2 aromatic rings. The quantitative estimate of drug-likeness (QED) is 0.840. The molecular weight excluding hydrogens is 296 g/mol. The normalized spacial score (nSPS) is 19.2. The second-order valence-corrected chi connectivity index (χ2v) is 6.44. The van der Waals surface area contributed by atoms with Crippen molar-refractivity contribution in [2.75, 3.05) is 13.1 Å². The summed E-state index contributed by atoms with van der Waals surface area (Å²) in [6.07, 6.45) is 7.34. The fraction of sp³-hybridized carbons (Fsp3) is 0.500. The molecular formula is C18H23F2N3. The predicted octanol–water partition coefficient (Wildman–Crippen LogP) is 3.54. The second kappa shape index (κ2) is 7.21. The summed E-state index contributed by atoms with van der Waals surface area (Å²) in [7, 11) is 2.00. The van der Waals surface area contributed by atoms with Crippen molar-refractivity contribution < 1.29 is 8.78 Å². The molecule has 1 aliphatic heterocycles. The monoisotopic (exact) mass is 319 g/mol. The van der Waals surface area contributed by atoms with Gasteiger partial charge in [-0.15, -0.1) is 0 Å². The summed E-state index contributed by atoms with van der Waals surface area (Å²) < 4.78 is 29.5. The van der Waals surface area contributed by atoms with Gasteiger partial charge >= 0.3 is 0 Å². The summed E-state index contributed by atoms with van der Waals surface area (Å²) in [6.45, 7) is 2.88. The van der Waals surface area contributed by atoms with Crippen LogP contribution in [0.3, 0.4) is 0 Å². The van der Waals surface area contributed by atoms with Crippen molar-refractivity contribution in [1.29, 1.82) is 0 Å². The number of likely N-dealkylation sites (tertiary alicyclic amines) is 1. The van der Waals surface area contributed by atoms with Crippen LogP contribution in [-0.4, -0.2) is 27.5 Å². The number of halogens is 2. The van der Waals surface area contributed by atoms with Crippen molar-refractivity contribution in [3.05, 3.63) is 53.6 Å². The zero-order chi connectivity index (χ0) is 16.2. The number of rotatable bonds is 5. The van der Waals surface area contributed by atoms with Gasteiger partial charge in [-0.25, -0.2) is 13.8 Å². The highest BCUT2D eigenvalue weighted by atomic mass is 19.1. The van der Waals surface area contributed by atoms with Crippen molar-refractivity contribution in [1.82, 2.24) is 14.5 Å². The second-order valence-electron chi connectivity index (χ2n) is 6.44. The molecule has 0 radical (unpaired) electrons. The van der Waals surface area contributed by atoms with Crippen molar-refractivity contribution in [3.63, 3.8) is 0 Å². The third-order valence-electron chi connectivity index (χ3n) is 4.75. The maximum atomic E-state index is 13.7. The molecule has 5 heteroatoms. The van der Waals surface area contributed by atoms with E-state index in [1.165, 1.54) is 18.2 Å². The molecule has 1 saturated heterocycles. The molecule has 1 aliphatic rings. The van der Waals surface area contributed by atoms with E-state index in [0.717, 1.165) is 44.7 Å². The van der Waals surface area contributed by atoms with E-state index in [0.29, 0.717) is 12.3 Å². The van der Waals surface area contributed by atoms with Crippen LogP contribution in [-0.2, 0) is 20.0 Å². The van der Waals surface area contributed by atoms with Crippen molar-refractivity contribution in [2.45, 2.75) is 32.2 Å². The van der Waals surface area contributed by atoms with Gasteiger partial charge in [0.15, 0.2) is 0 Å². The van der Waals surface area contributed by atoms with Crippen molar-refractivity contribution >= 4 is 0 Å². The largest absolute Gasteiger partial charge is 0.337 e. The smallest absolute Gasteiger partial charge is 0.129 e. The minimum absolute atomic E-state index is 0.230. The number of hydrogen-bond donors (Lipinski definition) is 0. The summed E-state index contributed by atoms with van der Waals surface area (Å²) in [4.78, 5) is 6.77. The zero-order valence-electron chi connectivity index (χ0n) is 13.5. The molecule has 1 aromatic carbocycles. The number of piperidine rings is 1. The van der Waals surface area contributed by atoms with Crippen LogP contribution in [0.4, 0.5) is 8.78 Å². The minimum atomic E-state index is -0.425. The first-order valence-corrected chi connectivity index (χ1v) is 8.25. The lowest BCUT2D eigenvalue weighted by Crippen LogP contribution is -2.35. The third-order valence-corrected chi connectivity index (χ3v) is 4.75. The van der Waals surface area contributed by atoms with Crippen LogP contribution >= 0.6 is 0 Å². The topological polar surface area (TPSA) is 21.1 Å². The summed E-state index contributed by atoms with van der Waals surface area (Å²) in [6, 6.07) is 4.10. The predicted molar refractivity (Wildman–Crippen MR) is 85.9 cm³/mol. The van der Waals surface area contributed by atoms with Gasteiger partial charge in [-0.3, -0.25) is 4.90 Å². The van der Waals surface area contributed by atoms with Gasteiger partial charge in [0.2, 0.25) is 0 Å². The molecule has 2 heterocycles. The van der Waals surface area contributed by atoms with Gasteiger partial charge in [0.1, 0.15) is 17.5 Å². The first-order chi connectivity index (χ1) is 11.1. The van der Waals surface area contributed by atoms with Crippen LogP contribution in [0.25, 0.3) is 0 Å². The van der Waals surface area contributed by atoms with Crippen LogP contribution < -0.4 is 0 Å². The van der Waals surface area contributed by atoms with Crippen molar-refractivity contribution in [2.24, 2.45) is 13.0 Å². The maximum absolute atomic E-state index is 13.7. The van der Waals surface area contributed by atoms with E-state index in [9.17, 15) is 8.78 Å². The maximum Gasteiger partial charge on any atom is 0.129 e. The molecule has 1 aromatic heterocycles. The highest BCUT2D eigenvalue weighted by Crippen LogP contribution is 2.24. The van der Waals surface area contributed by atoms with Gasteiger partial charge in [0, 0.05) is 31.5 Å². The Hall–Kier alpha value is -1.75. The highest BCUT2D eigenvalue weighted by molar-refractivity contribution is 5.19. The molecule has 0 saturated carbocycles. The average Bonchev–Trinajstić information content (AvgIpc) is 2.92. The van der Waals surface area contributed by atoms with Gasteiger partial charge in [0.25, 0.3) is 0 Å². The van der Waals surface area contributed by atoms with Crippen LogP contribution in [0.1, 0.15) is 30.7 Å². The molecule has 1 fully saturated rings. The van der Waals surface area contributed by atoms with Gasteiger partial charge in [-0.05, 0) is 50.3 Å². The van der Waals surface area contributed by atoms with Crippen LogP contribution in [0, 0.1) is 17.6 Å². The summed E-state index contributed by atoms with van der Waals surface area (Å²) in [5.74, 6) is 0.699. The van der Waals surface area contributed by atoms with E-state index >= 15 is 0 Å². The molecule has 1 atom stereocenters. The zero-order valence-corrected chi connectivity index (χ0v) is 13.5. The number of aromatic nitrogens is 2. The first kappa shape index (κ1) is 16.1. The van der Waals surface area contributed by atoms with E-state index < -0.39 is 11.6 Å². The molecule has 0 unspecified atom stereocenters. The van der Waals surface area contributed by atoms with Crippen LogP contribution in [0.5, 0.6) is 0 Å². The number of benzene rings is 1. The lowest BCUT2D eigenvalue weighted by Gasteiger charge is -2.32. The Bertz CT molecular complexity index is 633. The van der Waals surface area contributed by atoms with Gasteiger partial charge < -0.3 is 4.57 Å². The molecule has 0 bridgehead atoms. The van der Waals surface area contributed by atoms with Crippen LogP contribution in [0.15, 0.2) is 30.6 Å². The lowest BCUT2D eigenvalue weighted by molar-refractivity contribution is 0.157. The van der Waals surface area contributed by atoms with E-state index in [1.54, 1.807) is 0 Å². The molecule has 3 nitrogen and oxygen atoms in total. The molecule has 0 spiro atoms. The Labute approximate surface area is 135 Å². The van der Waals surface area contributed by atoms with E-state index in [-0.39, 0.29) is 5.56 Å². The van der Waals surface area contributed by atoms with Crippen molar-refractivity contribution in [3.8, 4) is 0 Å². The number of aryl methyl sites for hydroxylation is 1. The Morgan fingerprint density at radius 2 is 2.04 bits per heavy atom. The lowest BCUT2D eigenvalue weighted by atomic mass is 9.91. The molecule has 3 rings (SSSR count). The van der Waals surface area contributed by atoms with E-state index in [2.05, 4.69) is 9.88 Å². The number of imidazole rings is 1. The Morgan fingerprint density at radius 3 is 2.74 bits per heavy atom. The highest BCUT2D eigenvalue weighted by Gasteiger charge is 2.21. The van der Waals surface area contributed by atoms with Gasteiger partial charge in [-0.1, -0.05) is 6.07 Å². The molecule has 0 N–H and O–H groups in total. The third kappa shape index (κ3) is 3.96. The fourth-order valence-corrected chi connectivity index (χ4v) is 3.40. The van der Waals surface area contributed by atoms with E-state index in [1.807, 2.05) is 24.0 Å². The summed E-state index contributed by atoms with van der Waals surface area (Å²) in [5.41, 5.74) is 0.230. The fourth-order valence-electron chi connectivity index (χ4n) is 3.40.